The molecule has 1 unspecified atom stereocenters. The van der Waals surface area contributed by atoms with Crippen molar-refractivity contribution >= 4 is 5.97 Å². The molecule has 0 spiro atoms. The maximum absolute atomic E-state index is 11.1. The first-order valence-electron chi connectivity index (χ1n) is 5.46. The van der Waals surface area contributed by atoms with E-state index in [1.54, 1.807) is 0 Å². The number of carboxylic acids is 1. The molecule has 0 heterocycles. The highest BCUT2D eigenvalue weighted by Gasteiger charge is 2.36. The summed E-state index contributed by atoms with van der Waals surface area (Å²) < 4.78 is 0. The van der Waals surface area contributed by atoms with Gasteiger partial charge in [0.05, 0.1) is 5.92 Å². The number of hydrogen-bond donors (Lipinski definition) is 1. The lowest BCUT2D eigenvalue weighted by Crippen LogP contribution is -2.18. The molecule has 1 atom stereocenters. The van der Waals surface area contributed by atoms with Gasteiger partial charge < -0.3 is 5.11 Å². The quantitative estimate of drug-likeness (QED) is 0.818. The first kappa shape index (κ1) is 10.2. The van der Waals surface area contributed by atoms with E-state index in [9.17, 15) is 4.79 Å². The van der Waals surface area contributed by atoms with Gasteiger partial charge >= 0.3 is 5.97 Å². The molecule has 2 heteroatoms. The molecule has 2 rings (SSSR count). The molecular formula is C13H16O2. The average Bonchev–Trinajstić information content (AvgIpc) is 2.99. The summed E-state index contributed by atoms with van der Waals surface area (Å²) in [7, 11) is 0. The SMILES string of the molecule is Cc1ccccc1CC(C(=O)O)C1CC1. The number of carboxylic acid groups (broad SMARTS) is 1. The minimum atomic E-state index is -0.638. The van der Waals surface area contributed by atoms with Crippen LogP contribution in [0.25, 0.3) is 0 Å². The van der Waals surface area contributed by atoms with E-state index in [4.69, 9.17) is 5.11 Å². The number of carbonyl (C=O) groups is 1. The molecule has 0 bridgehead atoms. The van der Waals surface area contributed by atoms with E-state index in [1.165, 1.54) is 11.1 Å². The van der Waals surface area contributed by atoms with Crippen LogP contribution in [0.4, 0.5) is 0 Å². The van der Waals surface area contributed by atoms with Crippen molar-refractivity contribution in [3.8, 4) is 0 Å². The number of benzene rings is 1. The van der Waals surface area contributed by atoms with E-state index in [0.29, 0.717) is 12.3 Å². The summed E-state index contributed by atoms with van der Waals surface area (Å²) in [5, 5.41) is 9.14. The minimum absolute atomic E-state index is 0.175. The number of rotatable bonds is 4. The highest BCUT2D eigenvalue weighted by Crippen LogP contribution is 2.38. The number of hydrogen-bond acceptors (Lipinski definition) is 1. The Morgan fingerprint density at radius 3 is 2.67 bits per heavy atom. The van der Waals surface area contributed by atoms with Crippen LogP contribution in [0, 0.1) is 18.8 Å². The second-order valence-electron chi connectivity index (χ2n) is 4.41. The van der Waals surface area contributed by atoms with Gasteiger partial charge in [-0.1, -0.05) is 24.3 Å². The summed E-state index contributed by atoms with van der Waals surface area (Å²) in [6.07, 6.45) is 2.86. The molecule has 0 saturated heterocycles. The van der Waals surface area contributed by atoms with E-state index in [1.807, 2.05) is 31.2 Å². The summed E-state index contributed by atoms with van der Waals surface area (Å²) in [5.74, 6) is -0.394. The molecule has 1 aliphatic rings. The number of aryl methyl sites for hydroxylation is 1. The normalized spacial score (nSPS) is 17.4. The van der Waals surface area contributed by atoms with Crippen LogP contribution in [0.2, 0.25) is 0 Å². The molecule has 1 fully saturated rings. The van der Waals surface area contributed by atoms with Crippen molar-refractivity contribution in [2.45, 2.75) is 26.2 Å². The van der Waals surface area contributed by atoms with Crippen LogP contribution in [-0.2, 0) is 11.2 Å². The predicted octanol–water partition coefficient (Wildman–Crippen LogP) is 2.65. The Morgan fingerprint density at radius 2 is 2.13 bits per heavy atom. The fraction of sp³-hybridized carbons (Fsp3) is 0.462. The third-order valence-corrected chi connectivity index (χ3v) is 3.21. The van der Waals surface area contributed by atoms with Gasteiger partial charge in [0.25, 0.3) is 0 Å². The molecule has 2 nitrogen and oxygen atoms in total. The maximum Gasteiger partial charge on any atom is 0.307 e. The molecule has 1 aromatic rings. The molecule has 1 saturated carbocycles. The molecule has 1 N–H and O–H groups in total. The minimum Gasteiger partial charge on any atom is -0.481 e. The van der Waals surface area contributed by atoms with E-state index in [0.717, 1.165) is 12.8 Å². The third-order valence-electron chi connectivity index (χ3n) is 3.21. The van der Waals surface area contributed by atoms with Crippen LogP contribution >= 0.6 is 0 Å². The van der Waals surface area contributed by atoms with Gasteiger partial charge in [0.2, 0.25) is 0 Å². The Hall–Kier alpha value is -1.31. The summed E-state index contributed by atoms with van der Waals surface area (Å²) in [6, 6.07) is 8.05. The predicted molar refractivity (Wildman–Crippen MR) is 58.7 cm³/mol. The lowest BCUT2D eigenvalue weighted by molar-refractivity contribution is -0.142. The van der Waals surface area contributed by atoms with Gasteiger partial charge in [-0.25, -0.2) is 0 Å². The lowest BCUT2D eigenvalue weighted by Gasteiger charge is -2.12. The standard InChI is InChI=1S/C13H16O2/c1-9-4-2-3-5-11(9)8-12(13(14)15)10-6-7-10/h2-5,10,12H,6-8H2,1H3,(H,14,15). The van der Waals surface area contributed by atoms with Crippen molar-refractivity contribution < 1.29 is 9.90 Å². The van der Waals surface area contributed by atoms with E-state index >= 15 is 0 Å². The number of aliphatic carboxylic acids is 1. The molecule has 0 radical (unpaired) electrons. The zero-order chi connectivity index (χ0) is 10.8. The van der Waals surface area contributed by atoms with Gasteiger partial charge in [-0.05, 0) is 43.2 Å². The van der Waals surface area contributed by atoms with E-state index in [-0.39, 0.29) is 5.92 Å². The Bertz CT molecular complexity index is 367. The van der Waals surface area contributed by atoms with Crippen molar-refractivity contribution in [2.24, 2.45) is 11.8 Å². The van der Waals surface area contributed by atoms with Gasteiger partial charge in [0.1, 0.15) is 0 Å². The topological polar surface area (TPSA) is 37.3 Å². The summed E-state index contributed by atoms with van der Waals surface area (Å²) in [5.41, 5.74) is 2.38. The zero-order valence-electron chi connectivity index (χ0n) is 8.94. The molecular weight excluding hydrogens is 188 g/mol. The van der Waals surface area contributed by atoms with Crippen molar-refractivity contribution in [1.29, 1.82) is 0 Å². The first-order valence-corrected chi connectivity index (χ1v) is 5.46. The molecule has 1 aromatic carbocycles. The van der Waals surface area contributed by atoms with Crippen LogP contribution in [0.3, 0.4) is 0 Å². The first-order chi connectivity index (χ1) is 7.18. The van der Waals surface area contributed by atoms with Crippen LogP contribution in [-0.4, -0.2) is 11.1 Å². The second-order valence-corrected chi connectivity index (χ2v) is 4.41. The van der Waals surface area contributed by atoms with Crippen LogP contribution < -0.4 is 0 Å². The largest absolute Gasteiger partial charge is 0.481 e. The zero-order valence-corrected chi connectivity index (χ0v) is 8.94. The van der Waals surface area contributed by atoms with Crippen molar-refractivity contribution in [1.82, 2.24) is 0 Å². The highest BCUT2D eigenvalue weighted by atomic mass is 16.4. The van der Waals surface area contributed by atoms with Gasteiger partial charge in [0, 0.05) is 0 Å². The summed E-state index contributed by atoms with van der Waals surface area (Å²) in [4.78, 5) is 11.1. The van der Waals surface area contributed by atoms with E-state index < -0.39 is 5.97 Å². The van der Waals surface area contributed by atoms with Crippen LogP contribution in [0.15, 0.2) is 24.3 Å². The molecule has 80 valence electrons. The maximum atomic E-state index is 11.1. The Morgan fingerprint density at radius 1 is 1.47 bits per heavy atom. The molecule has 0 amide bonds. The lowest BCUT2D eigenvalue weighted by atomic mass is 9.92. The fourth-order valence-electron chi connectivity index (χ4n) is 2.03. The fourth-order valence-corrected chi connectivity index (χ4v) is 2.03. The second kappa shape index (κ2) is 4.05. The van der Waals surface area contributed by atoms with Gasteiger partial charge in [-0.2, -0.15) is 0 Å². The molecule has 0 aromatic heterocycles. The summed E-state index contributed by atoms with van der Waals surface area (Å²) in [6.45, 7) is 2.04. The van der Waals surface area contributed by atoms with Crippen molar-refractivity contribution in [3.63, 3.8) is 0 Å². The highest BCUT2D eigenvalue weighted by molar-refractivity contribution is 5.71. The van der Waals surface area contributed by atoms with Gasteiger partial charge in [-0.3, -0.25) is 4.79 Å². The summed E-state index contributed by atoms with van der Waals surface area (Å²) >= 11 is 0. The van der Waals surface area contributed by atoms with Crippen LogP contribution in [0.5, 0.6) is 0 Å². The smallest absolute Gasteiger partial charge is 0.307 e. The van der Waals surface area contributed by atoms with Gasteiger partial charge in [-0.15, -0.1) is 0 Å². The van der Waals surface area contributed by atoms with Crippen molar-refractivity contribution in [2.75, 3.05) is 0 Å². The van der Waals surface area contributed by atoms with E-state index in [2.05, 4.69) is 0 Å². The monoisotopic (exact) mass is 204 g/mol. The third kappa shape index (κ3) is 2.38. The Kier molecular flexibility index (Phi) is 2.76. The molecule has 1 aliphatic carbocycles. The molecule has 15 heavy (non-hydrogen) atoms. The molecule has 0 aliphatic heterocycles. The average molecular weight is 204 g/mol. The Balaban J connectivity index is 2.12. The van der Waals surface area contributed by atoms with Crippen LogP contribution in [0.1, 0.15) is 24.0 Å². The van der Waals surface area contributed by atoms with Gasteiger partial charge in [0.15, 0.2) is 0 Å². The van der Waals surface area contributed by atoms with Crippen molar-refractivity contribution in [3.05, 3.63) is 35.4 Å². The Labute approximate surface area is 89.9 Å².